The Kier molecular flexibility index (Phi) is 3.70. The van der Waals surface area contributed by atoms with Crippen LogP contribution in [-0.4, -0.2) is 20.2 Å². The zero-order chi connectivity index (χ0) is 9.90. The van der Waals surface area contributed by atoms with E-state index in [1.54, 1.807) is 0 Å². The van der Waals surface area contributed by atoms with Crippen molar-refractivity contribution in [2.75, 3.05) is 5.75 Å². The van der Waals surface area contributed by atoms with Crippen LogP contribution in [0.2, 0.25) is 0 Å². The normalized spacial score (nSPS) is 22.0. The molecule has 0 aromatic carbocycles. The van der Waals surface area contributed by atoms with E-state index in [0.29, 0.717) is 12.3 Å². The second-order valence-corrected chi connectivity index (χ2v) is 5.60. The topological polar surface area (TPSA) is 86.2 Å². The molecular weight excluding hydrogens is 188 g/mol. The van der Waals surface area contributed by atoms with Gasteiger partial charge in [0.1, 0.15) is 0 Å². The van der Waals surface area contributed by atoms with Gasteiger partial charge in [-0.2, -0.15) is 0 Å². The molecule has 0 aliphatic heterocycles. The van der Waals surface area contributed by atoms with Crippen LogP contribution in [0.4, 0.5) is 0 Å². The van der Waals surface area contributed by atoms with Crippen molar-refractivity contribution < 1.29 is 8.42 Å². The standard InChI is InChI=1S/C8H18N2O2S/c9-8(5-6-13(10,11)12)7-3-1-2-4-7/h7-8H,1-6,9H2,(H2,10,11,12). The van der Waals surface area contributed by atoms with Gasteiger partial charge in [0.25, 0.3) is 0 Å². The Morgan fingerprint density at radius 2 is 1.85 bits per heavy atom. The fourth-order valence-electron chi connectivity index (χ4n) is 1.92. The van der Waals surface area contributed by atoms with Crippen LogP contribution in [-0.2, 0) is 10.0 Å². The second kappa shape index (κ2) is 4.39. The molecule has 4 nitrogen and oxygen atoms in total. The minimum atomic E-state index is -3.33. The number of hydrogen-bond donors (Lipinski definition) is 2. The number of sulfonamides is 1. The van der Waals surface area contributed by atoms with Crippen molar-refractivity contribution in [2.45, 2.75) is 38.1 Å². The van der Waals surface area contributed by atoms with E-state index in [-0.39, 0.29) is 11.8 Å². The first-order chi connectivity index (χ1) is 5.99. The van der Waals surface area contributed by atoms with Crippen molar-refractivity contribution in [2.24, 2.45) is 16.8 Å². The van der Waals surface area contributed by atoms with Gasteiger partial charge in [0.05, 0.1) is 5.75 Å². The third-order valence-electron chi connectivity index (χ3n) is 2.74. The molecule has 78 valence electrons. The summed E-state index contributed by atoms with van der Waals surface area (Å²) in [6, 6.07) is 0.0147. The molecule has 0 aromatic heterocycles. The van der Waals surface area contributed by atoms with Crippen molar-refractivity contribution in [3.63, 3.8) is 0 Å². The van der Waals surface area contributed by atoms with Crippen LogP contribution in [0.1, 0.15) is 32.1 Å². The predicted octanol–water partition coefficient (Wildman–Crippen LogP) is 0.182. The summed E-state index contributed by atoms with van der Waals surface area (Å²) in [4.78, 5) is 0. The Balaban J connectivity index is 2.28. The molecule has 1 atom stereocenters. The maximum absolute atomic E-state index is 10.7. The average molecular weight is 206 g/mol. The molecule has 0 amide bonds. The molecule has 1 fully saturated rings. The van der Waals surface area contributed by atoms with E-state index < -0.39 is 10.0 Å². The summed E-state index contributed by atoms with van der Waals surface area (Å²) < 4.78 is 21.3. The molecule has 0 radical (unpaired) electrons. The molecule has 1 rings (SSSR count). The Labute approximate surface area is 79.7 Å². The highest BCUT2D eigenvalue weighted by Gasteiger charge is 2.22. The van der Waals surface area contributed by atoms with Crippen molar-refractivity contribution in [1.82, 2.24) is 0 Å². The fraction of sp³-hybridized carbons (Fsp3) is 1.00. The maximum Gasteiger partial charge on any atom is 0.209 e. The molecule has 1 aliphatic carbocycles. The van der Waals surface area contributed by atoms with Crippen LogP contribution in [0.3, 0.4) is 0 Å². The van der Waals surface area contributed by atoms with Gasteiger partial charge in [0.15, 0.2) is 0 Å². The summed E-state index contributed by atoms with van der Waals surface area (Å²) in [6.45, 7) is 0. The Morgan fingerprint density at radius 1 is 1.31 bits per heavy atom. The average Bonchev–Trinajstić information content (AvgIpc) is 2.50. The van der Waals surface area contributed by atoms with Crippen LogP contribution >= 0.6 is 0 Å². The minimum Gasteiger partial charge on any atom is -0.327 e. The molecule has 0 bridgehead atoms. The quantitative estimate of drug-likeness (QED) is 0.688. The third kappa shape index (κ3) is 4.06. The Hall–Kier alpha value is -0.130. The molecule has 0 saturated heterocycles. The lowest BCUT2D eigenvalue weighted by Gasteiger charge is -2.17. The van der Waals surface area contributed by atoms with E-state index in [0.717, 1.165) is 12.8 Å². The van der Waals surface area contributed by atoms with Gasteiger partial charge in [-0.3, -0.25) is 0 Å². The predicted molar refractivity (Wildman–Crippen MR) is 52.5 cm³/mol. The van der Waals surface area contributed by atoms with Crippen LogP contribution in [0.25, 0.3) is 0 Å². The largest absolute Gasteiger partial charge is 0.327 e. The van der Waals surface area contributed by atoms with Crippen LogP contribution < -0.4 is 10.9 Å². The molecule has 5 heteroatoms. The highest BCUT2D eigenvalue weighted by atomic mass is 32.2. The monoisotopic (exact) mass is 206 g/mol. The fourth-order valence-corrected chi connectivity index (χ4v) is 2.52. The molecule has 0 heterocycles. The first-order valence-electron chi connectivity index (χ1n) is 4.75. The van der Waals surface area contributed by atoms with E-state index in [2.05, 4.69) is 0 Å². The Bertz CT molecular complexity index is 245. The molecule has 1 unspecified atom stereocenters. The highest BCUT2D eigenvalue weighted by Crippen LogP contribution is 2.27. The molecule has 0 spiro atoms. The van der Waals surface area contributed by atoms with E-state index in [1.165, 1.54) is 12.8 Å². The number of rotatable bonds is 4. The van der Waals surface area contributed by atoms with Gasteiger partial charge in [0, 0.05) is 6.04 Å². The zero-order valence-corrected chi connectivity index (χ0v) is 8.59. The number of nitrogens with two attached hydrogens (primary N) is 2. The van der Waals surface area contributed by atoms with Crippen molar-refractivity contribution >= 4 is 10.0 Å². The van der Waals surface area contributed by atoms with Crippen LogP contribution in [0.15, 0.2) is 0 Å². The smallest absolute Gasteiger partial charge is 0.209 e. The lowest BCUT2D eigenvalue weighted by molar-refractivity contribution is 0.421. The molecule has 0 aromatic rings. The summed E-state index contributed by atoms with van der Waals surface area (Å²) >= 11 is 0. The van der Waals surface area contributed by atoms with Gasteiger partial charge in [-0.05, 0) is 25.2 Å². The molecule has 1 aliphatic rings. The van der Waals surface area contributed by atoms with E-state index in [1.807, 2.05) is 0 Å². The SMILES string of the molecule is NC(CCS(N)(=O)=O)C1CCCC1. The lowest BCUT2D eigenvalue weighted by atomic mass is 9.97. The van der Waals surface area contributed by atoms with E-state index >= 15 is 0 Å². The minimum absolute atomic E-state index is 0.0147. The van der Waals surface area contributed by atoms with Crippen molar-refractivity contribution in [3.8, 4) is 0 Å². The maximum atomic E-state index is 10.7. The second-order valence-electron chi connectivity index (χ2n) is 3.86. The van der Waals surface area contributed by atoms with Gasteiger partial charge in [-0.25, -0.2) is 13.6 Å². The van der Waals surface area contributed by atoms with E-state index in [9.17, 15) is 8.42 Å². The summed E-state index contributed by atoms with van der Waals surface area (Å²) in [6.07, 6.45) is 5.25. The summed E-state index contributed by atoms with van der Waals surface area (Å²) in [7, 11) is -3.33. The van der Waals surface area contributed by atoms with Crippen molar-refractivity contribution in [1.29, 1.82) is 0 Å². The summed E-state index contributed by atoms with van der Waals surface area (Å²) in [5.41, 5.74) is 5.87. The van der Waals surface area contributed by atoms with Crippen LogP contribution in [0, 0.1) is 5.92 Å². The lowest BCUT2D eigenvalue weighted by Crippen LogP contribution is -2.32. The third-order valence-corrected chi connectivity index (χ3v) is 3.55. The molecular formula is C8H18N2O2S. The summed E-state index contributed by atoms with van der Waals surface area (Å²) in [5, 5.41) is 4.90. The van der Waals surface area contributed by atoms with Crippen LogP contribution in [0.5, 0.6) is 0 Å². The number of hydrogen-bond acceptors (Lipinski definition) is 3. The summed E-state index contributed by atoms with van der Waals surface area (Å²) in [5.74, 6) is 0.534. The first kappa shape index (κ1) is 10.9. The number of primary sulfonamides is 1. The van der Waals surface area contributed by atoms with E-state index in [4.69, 9.17) is 10.9 Å². The van der Waals surface area contributed by atoms with Gasteiger partial charge >= 0.3 is 0 Å². The molecule has 13 heavy (non-hydrogen) atoms. The highest BCUT2D eigenvalue weighted by molar-refractivity contribution is 7.89. The molecule has 1 saturated carbocycles. The van der Waals surface area contributed by atoms with Gasteiger partial charge in [-0.1, -0.05) is 12.8 Å². The molecule has 4 N–H and O–H groups in total. The van der Waals surface area contributed by atoms with Gasteiger partial charge in [-0.15, -0.1) is 0 Å². The van der Waals surface area contributed by atoms with Gasteiger partial charge < -0.3 is 5.73 Å². The van der Waals surface area contributed by atoms with Gasteiger partial charge in [0.2, 0.25) is 10.0 Å². The Morgan fingerprint density at radius 3 is 2.31 bits per heavy atom. The van der Waals surface area contributed by atoms with Crippen molar-refractivity contribution in [3.05, 3.63) is 0 Å². The zero-order valence-electron chi connectivity index (χ0n) is 7.78. The first-order valence-corrected chi connectivity index (χ1v) is 6.46.